The maximum absolute atomic E-state index is 12.3. The molecule has 2 aliphatic rings. The van der Waals surface area contributed by atoms with E-state index in [9.17, 15) is 4.79 Å². The Bertz CT molecular complexity index is 425. The molecule has 5 nitrogen and oxygen atoms in total. The van der Waals surface area contributed by atoms with Gasteiger partial charge in [0.2, 0.25) is 0 Å². The van der Waals surface area contributed by atoms with Gasteiger partial charge < -0.3 is 20.1 Å². The van der Waals surface area contributed by atoms with Gasteiger partial charge in [-0.2, -0.15) is 0 Å². The maximum Gasteiger partial charge on any atom is 0.320 e. The lowest BCUT2D eigenvalue weighted by Crippen LogP contribution is -2.44. The number of hydrogen-bond acceptors (Lipinski definition) is 2. The third kappa shape index (κ3) is 2.47. The van der Waals surface area contributed by atoms with E-state index in [1.54, 1.807) is 0 Å². The van der Waals surface area contributed by atoms with Crippen molar-refractivity contribution >= 4 is 6.03 Å². The van der Waals surface area contributed by atoms with E-state index in [0.29, 0.717) is 6.04 Å². The standard InChI is InChI=1S/C14H22N4O/c1-17-13(12-6-4-8-16-12)10-18(14(17)19)9-11-5-2-3-7-15-11/h4,6,8,11,13,15-16H,2-3,5,7,9-10H2,1H3. The van der Waals surface area contributed by atoms with Gasteiger partial charge in [-0.15, -0.1) is 0 Å². The minimum absolute atomic E-state index is 0.145. The van der Waals surface area contributed by atoms with Gasteiger partial charge in [-0.05, 0) is 31.5 Å². The van der Waals surface area contributed by atoms with Crippen LogP contribution in [-0.4, -0.2) is 53.5 Å². The molecule has 0 saturated carbocycles. The highest BCUT2D eigenvalue weighted by molar-refractivity contribution is 5.77. The number of hydrogen-bond donors (Lipinski definition) is 2. The van der Waals surface area contributed by atoms with E-state index in [1.165, 1.54) is 19.3 Å². The average molecular weight is 262 g/mol. The number of rotatable bonds is 3. The lowest BCUT2D eigenvalue weighted by atomic mass is 10.0. The first kappa shape index (κ1) is 12.5. The van der Waals surface area contributed by atoms with Crippen molar-refractivity contribution in [2.75, 3.05) is 26.7 Å². The summed E-state index contributed by atoms with van der Waals surface area (Å²) in [5.41, 5.74) is 1.12. The quantitative estimate of drug-likeness (QED) is 0.868. The predicted octanol–water partition coefficient (Wildman–Crippen LogP) is 1.57. The molecule has 2 unspecified atom stereocenters. The summed E-state index contributed by atoms with van der Waals surface area (Å²) in [4.78, 5) is 19.3. The van der Waals surface area contributed by atoms with Gasteiger partial charge in [0.1, 0.15) is 0 Å². The number of nitrogens with one attached hydrogen (secondary N) is 2. The van der Waals surface area contributed by atoms with Gasteiger partial charge in [-0.3, -0.25) is 0 Å². The number of carbonyl (C=O) groups is 1. The molecule has 5 heteroatoms. The summed E-state index contributed by atoms with van der Waals surface area (Å²) in [6.45, 7) is 2.71. The molecule has 2 N–H and O–H groups in total. The fraction of sp³-hybridized carbons (Fsp3) is 0.643. The average Bonchev–Trinajstić information content (AvgIpc) is 3.04. The van der Waals surface area contributed by atoms with E-state index in [4.69, 9.17) is 0 Å². The topological polar surface area (TPSA) is 51.4 Å². The Balaban J connectivity index is 1.65. The second kappa shape index (κ2) is 5.25. The highest BCUT2D eigenvalue weighted by Gasteiger charge is 2.36. The first-order chi connectivity index (χ1) is 9.25. The summed E-state index contributed by atoms with van der Waals surface area (Å²) in [5, 5.41) is 3.51. The van der Waals surface area contributed by atoms with Gasteiger partial charge in [0, 0.05) is 38.1 Å². The van der Waals surface area contributed by atoms with Crippen molar-refractivity contribution in [3.8, 4) is 0 Å². The molecular weight excluding hydrogens is 240 g/mol. The number of aromatic amines is 1. The SMILES string of the molecule is CN1C(=O)N(CC2CCCCN2)CC1c1ccc[nH]1. The molecule has 2 amide bonds. The van der Waals surface area contributed by atoms with Gasteiger partial charge in [0.05, 0.1) is 6.04 Å². The molecule has 2 fully saturated rings. The van der Waals surface area contributed by atoms with E-state index in [0.717, 1.165) is 25.3 Å². The number of carbonyl (C=O) groups excluding carboxylic acids is 1. The van der Waals surface area contributed by atoms with Crippen molar-refractivity contribution in [3.05, 3.63) is 24.0 Å². The van der Waals surface area contributed by atoms with E-state index >= 15 is 0 Å². The summed E-state index contributed by atoms with van der Waals surface area (Å²) in [6, 6.07) is 4.81. The molecule has 0 radical (unpaired) electrons. The van der Waals surface area contributed by atoms with Crippen LogP contribution >= 0.6 is 0 Å². The Morgan fingerprint density at radius 2 is 2.32 bits per heavy atom. The number of aromatic nitrogens is 1. The number of likely N-dealkylation sites (N-methyl/N-ethyl adjacent to an activating group) is 1. The molecule has 0 aromatic carbocycles. The molecule has 2 aliphatic heterocycles. The third-order valence-electron chi connectivity index (χ3n) is 4.27. The highest BCUT2D eigenvalue weighted by Crippen LogP contribution is 2.27. The minimum atomic E-state index is 0.145. The number of piperidine rings is 1. The fourth-order valence-corrected chi connectivity index (χ4v) is 3.12. The summed E-state index contributed by atoms with van der Waals surface area (Å²) >= 11 is 0. The zero-order valence-electron chi connectivity index (χ0n) is 11.4. The van der Waals surface area contributed by atoms with E-state index in [-0.39, 0.29) is 12.1 Å². The van der Waals surface area contributed by atoms with Crippen molar-refractivity contribution in [1.82, 2.24) is 20.1 Å². The van der Waals surface area contributed by atoms with Crippen LogP contribution in [0.2, 0.25) is 0 Å². The summed E-state index contributed by atoms with van der Waals surface area (Å²) in [5.74, 6) is 0. The Hall–Kier alpha value is -1.49. The number of nitrogens with zero attached hydrogens (tertiary/aromatic N) is 2. The molecule has 1 aromatic rings. The number of H-pyrrole nitrogens is 1. The van der Waals surface area contributed by atoms with Crippen LogP contribution in [0.4, 0.5) is 4.79 Å². The molecule has 2 saturated heterocycles. The summed E-state index contributed by atoms with van der Waals surface area (Å²) in [6.07, 6.45) is 5.63. The molecule has 0 aliphatic carbocycles. The highest BCUT2D eigenvalue weighted by atomic mass is 16.2. The second-order valence-corrected chi connectivity index (χ2v) is 5.59. The van der Waals surface area contributed by atoms with E-state index < -0.39 is 0 Å². The number of urea groups is 1. The van der Waals surface area contributed by atoms with Gasteiger partial charge >= 0.3 is 6.03 Å². The van der Waals surface area contributed by atoms with E-state index in [2.05, 4.69) is 16.4 Å². The molecule has 19 heavy (non-hydrogen) atoms. The molecule has 0 spiro atoms. The normalized spacial score (nSPS) is 28.2. The van der Waals surface area contributed by atoms with E-state index in [1.807, 2.05) is 29.1 Å². The Kier molecular flexibility index (Phi) is 3.46. The fourth-order valence-electron chi connectivity index (χ4n) is 3.12. The van der Waals surface area contributed by atoms with Gasteiger partial charge in [-0.1, -0.05) is 6.42 Å². The van der Waals surface area contributed by atoms with Crippen LogP contribution in [0.5, 0.6) is 0 Å². The summed E-state index contributed by atoms with van der Waals surface area (Å²) < 4.78 is 0. The van der Waals surface area contributed by atoms with Crippen LogP contribution in [0.3, 0.4) is 0 Å². The summed E-state index contributed by atoms with van der Waals surface area (Å²) in [7, 11) is 1.89. The molecule has 2 atom stereocenters. The Morgan fingerprint density at radius 3 is 3.00 bits per heavy atom. The lowest BCUT2D eigenvalue weighted by molar-refractivity contribution is 0.189. The Labute approximate surface area is 114 Å². The first-order valence-corrected chi connectivity index (χ1v) is 7.14. The van der Waals surface area contributed by atoms with Crippen molar-refractivity contribution < 1.29 is 4.79 Å². The predicted molar refractivity (Wildman–Crippen MR) is 73.9 cm³/mol. The van der Waals surface area contributed by atoms with Crippen LogP contribution in [-0.2, 0) is 0 Å². The number of amides is 2. The maximum atomic E-state index is 12.3. The minimum Gasteiger partial charge on any atom is -0.363 e. The van der Waals surface area contributed by atoms with Crippen LogP contribution in [0.1, 0.15) is 31.0 Å². The van der Waals surface area contributed by atoms with Crippen LogP contribution in [0, 0.1) is 0 Å². The Morgan fingerprint density at radius 1 is 1.42 bits per heavy atom. The smallest absolute Gasteiger partial charge is 0.320 e. The molecule has 104 valence electrons. The van der Waals surface area contributed by atoms with Crippen molar-refractivity contribution in [3.63, 3.8) is 0 Å². The van der Waals surface area contributed by atoms with Gasteiger partial charge in [0.25, 0.3) is 0 Å². The molecular formula is C14H22N4O. The van der Waals surface area contributed by atoms with Crippen molar-refractivity contribution in [1.29, 1.82) is 0 Å². The molecule has 3 heterocycles. The molecule has 1 aromatic heterocycles. The molecule has 0 bridgehead atoms. The van der Waals surface area contributed by atoms with Gasteiger partial charge in [0.15, 0.2) is 0 Å². The van der Waals surface area contributed by atoms with Crippen molar-refractivity contribution in [2.45, 2.75) is 31.3 Å². The lowest BCUT2D eigenvalue weighted by Gasteiger charge is -2.27. The molecule has 3 rings (SSSR count). The zero-order chi connectivity index (χ0) is 13.2. The largest absolute Gasteiger partial charge is 0.363 e. The monoisotopic (exact) mass is 262 g/mol. The van der Waals surface area contributed by atoms with Crippen LogP contribution in [0.15, 0.2) is 18.3 Å². The van der Waals surface area contributed by atoms with Crippen molar-refractivity contribution in [2.24, 2.45) is 0 Å². The first-order valence-electron chi connectivity index (χ1n) is 7.14. The van der Waals surface area contributed by atoms with Gasteiger partial charge in [-0.25, -0.2) is 4.79 Å². The van der Waals surface area contributed by atoms with Crippen LogP contribution in [0.25, 0.3) is 0 Å². The van der Waals surface area contributed by atoms with Crippen LogP contribution < -0.4 is 5.32 Å². The zero-order valence-corrected chi connectivity index (χ0v) is 11.4. The third-order valence-corrected chi connectivity index (χ3v) is 4.27. The second-order valence-electron chi connectivity index (χ2n) is 5.59.